The smallest absolute Gasteiger partial charge is 0.347 e. The maximum Gasteiger partial charge on any atom is 0.347 e. The first kappa shape index (κ1) is 13.3. The first-order chi connectivity index (χ1) is 9.66. The Kier molecular flexibility index (Phi) is 3.56. The zero-order valence-electron chi connectivity index (χ0n) is 9.84. The summed E-state index contributed by atoms with van der Waals surface area (Å²) in [5, 5.41) is 4.53. The molecule has 0 aliphatic heterocycles. The van der Waals surface area contributed by atoms with Crippen molar-refractivity contribution < 1.29 is 9.53 Å². The van der Waals surface area contributed by atoms with Gasteiger partial charge in [-0.3, -0.25) is 0 Å². The molecule has 0 saturated carbocycles. The summed E-state index contributed by atoms with van der Waals surface area (Å²) in [5.74, 6) is -0.336. The van der Waals surface area contributed by atoms with Crippen molar-refractivity contribution in [3.05, 3.63) is 52.0 Å². The number of hydrogen-bond donors (Lipinski definition) is 0. The number of para-hydroxylation sites is 1. The van der Waals surface area contributed by atoms with Crippen LogP contribution in [0.5, 0.6) is 5.75 Å². The Morgan fingerprint density at radius 2 is 1.90 bits per heavy atom. The van der Waals surface area contributed by atoms with E-state index in [2.05, 4.69) is 9.59 Å². The molecule has 0 spiro atoms. The minimum Gasteiger partial charge on any atom is -0.421 e. The van der Waals surface area contributed by atoms with Crippen molar-refractivity contribution >= 4 is 50.9 Å². The topological polar surface area (TPSA) is 52.1 Å². The van der Waals surface area contributed by atoms with Crippen LogP contribution in [-0.2, 0) is 0 Å². The van der Waals surface area contributed by atoms with Crippen LogP contribution in [0.4, 0.5) is 0 Å². The van der Waals surface area contributed by atoms with Gasteiger partial charge in [0, 0.05) is 0 Å². The number of nitrogens with zero attached hydrogens (tertiary/aromatic N) is 2. The van der Waals surface area contributed by atoms with Gasteiger partial charge in [-0.25, -0.2) is 4.79 Å². The molecule has 3 rings (SSSR count). The fourth-order valence-corrected chi connectivity index (χ4v) is 2.67. The average molecular weight is 325 g/mol. The van der Waals surface area contributed by atoms with E-state index < -0.39 is 5.97 Å². The van der Waals surface area contributed by atoms with Gasteiger partial charge in [0.1, 0.15) is 16.8 Å². The number of esters is 1. The molecule has 4 nitrogen and oxygen atoms in total. The highest BCUT2D eigenvalue weighted by Gasteiger charge is 2.20. The molecule has 7 heteroatoms. The monoisotopic (exact) mass is 324 g/mol. The minimum absolute atomic E-state index is 0.192. The maximum absolute atomic E-state index is 12.3. The van der Waals surface area contributed by atoms with E-state index in [-0.39, 0.29) is 16.3 Å². The Labute approximate surface area is 128 Å². The fraction of sp³-hybridized carbons (Fsp3) is 0. The summed E-state index contributed by atoms with van der Waals surface area (Å²) in [7, 11) is 0. The minimum atomic E-state index is -0.610. The number of rotatable bonds is 2. The molecule has 0 amide bonds. The molecule has 0 bridgehead atoms. The Morgan fingerprint density at radius 1 is 1.10 bits per heavy atom. The zero-order chi connectivity index (χ0) is 14.1. The second-order valence-corrected chi connectivity index (χ2v) is 5.46. The quantitative estimate of drug-likeness (QED) is 0.523. The van der Waals surface area contributed by atoms with Gasteiger partial charge < -0.3 is 4.74 Å². The van der Waals surface area contributed by atoms with Gasteiger partial charge in [-0.05, 0) is 35.8 Å². The molecule has 0 aliphatic rings. The lowest BCUT2D eigenvalue weighted by atomic mass is 10.2. The highest BCUT2D eigenvalue weighted by molar-refractivity contribution is 7.13. The Bertz CT molecular complexity index is 804. The predicted octanol–water partition coefficient (Wildman–Crippen LogP) is 4.22. The number of carbonyl (C=O) groups is 1. The predicted molar refractivity (Wildman–Crippen MR) is 78.8 cm³/mol. The molecule has 0 N–H and O–H groups in total. The van der Waals surface area contributed by atoms with Crippen LogP contribution in [0, 0.1) is 0 Å². The molecule has 0 fully saturated rings. The number of benzene rings is 2. The molecule has 1 aromatic heterocycles. The number of halogens is 2. The van der Waals surface area contributed by atoms with Crippen LogP contribution in [0.15, 0.2) is 36.4 Å². The van der Waals surface area contributed by atoms with E-state index in [9.17, 15) is 4.79 Å². The standard InChI is InChI=1S/C13H6Cl2N2O2S/c14-7-3-1-2-4-9(7)19-13(18)11-8(15)5-6-10-12(11)16-17-20-10/h1-6H. The molecule has 0 unspecified atom stereocenters. The Morgan fingerprint density at radius 3 is 2.70 bits per heavy atom. The molecule has 0 radical (unpaired) electrons. The normalized spacial score (nSPS) is 10.7. The van der Waals surface area contributed by atoms with Gasteiger partial charge >= 0.3 is 5.97 Å². The van der Waals surface area contributed by atoms with Crippen LogP contribution >= 0.6 is 34.7 Å². The highest BCUT2D eigenvalue weighted by Crippen LogP contribution is 2.29. The molecule has 20 heavy (non-hydrogen) atoms. The summed E-state index contributed by atoms with van der Waals surface area (Å²) in [4.78, 5) is 12.3. The number of ether oxygens (including phenoxy) is 1. The molecule has 3 aromatic rings. The fourth-order valence-electron chi connectivity index (χ4n) is 1.70. The molecule has 0 aliphatic carbocycles. The van der Waals surface area contributed by atoms with Crippen molar-refractivity contribution in [2.24, 2.45) is 0 Å². The van der Waals surface area contributed by atoms with E-state index >= 15 is 0 Å². The molecule has 0 saturated heterocycles. The van der Waals surface area contributed by atoms with Crippen LogP contribution in [0.1, 0.15) is 10.4 Å². The molecule has 0 atom stereocenters. The summed E-state index contributed by atoms with van der Waals surface area (Å²) in [6.45, 7) is 0. The van der Waals surface area contributed by atoms with Crippen LogP contribution in [0.25, 0.3) is 10.2 Å². The van der Waals surface area contributed by atoms with Gasteiger partial charge in [-0.15, -0.1) is 5.10 Å². The van der Waals surface area contributed by atoms with Crippen molar-refractivity contribution in [1.29, 1.82) is 0 Å². The van der Waals surface area contributed by atoms with Crippen LogP contribution < -0.4 is 4.74 Å². The van der Waals surface area contributed by atoms with Crippen molar-refractivity contribution in [2.45, 2.75) is 0 Å². The summed E-state index contributed by atoms with van der Waals surface area (Å²) < 4.78 is 9.84. The molecule has 2 aromatic carbocycles. The van der Waals surface area contributed by atoms with Crippen LogP contribution in [0.3, 0.4) is 0 Å². The van der Waals surface area contributed by atoms with Crippen molar-refractivity contribution in [3.63, 3.8) is 0 Å². The third-order valence-electron chi connectivity index (χ3n) is 2.61. The van der Waals surface area contributed by atoms with E-state index in [1.807, 2.05) is 0 Å². The van der Waals surface area contributed by atoms with E-state index in [1.54, 1.807) is 36.4 Å². The summed E-state index contributed by atoms with van der Waals surface area (Å²) in [5.41, 5.74) is 0.623. The van der Waals surface area contributed by atoms with Crippen molar-refractivity contribution in [2.75, 3.05) is 0 Å². The Balaban J connectivity index is 2.03. The maximum atomic E-state index is 12.3. The largest absolute Gasteiger partial charge is 0.421 e. The first-order valence-electron chi connectivity index (χ1n) is 5.54. The second-order valence-electron chi connectivity index (χ2n) is 3.86. The second kappa shape index (κ2) is 5.36. The van der Waals surface area contributed by atoms with E-state index in [1.165, 1.54) is 11.5 Å². The lowest BCUT2D eigenvalue weighted by molar-refractivity contribution is 0.0737. The van der Waals surface area contributed by atoms with Gasteiger partial charge in [0.2, 0.25) is 0 Å². The van der Waals surface area contributed by atoms with Crippen LogP contribution in [0.2, 0.25) is 10.0 Å². The van der Waals surface area contributed by atoms with Crippen molar-refractivity contribution in [3.8, 4) is 5.75 Å². The number of carbonyl (C=O) groups excluding carboxylic acids is 1. The summed E-state index contributed by atoms with van der Waals surface area (Å²) in [6, 6.07) is 10.1. The third kappa shape index (κ3) is 2.35. The van der Waals surface area contributed by atoms with Gasteiger partial charge in [-0.1, -0.05) is 39.8 Å². The molecule has 100 valence electrons. The average Bonchev–Trinajstić information content (AvgIpc) is 2.89. The first-order valence-corrected chi connectivity index (χ1v) is 7.07. The highest BCUT2D eigenvalue weighted by atomic mass is 35.5. The van der Waals surface area contributed by atoms with E-state index in [4.69, 9.17) is 27.9 Å². The zero-order valence-corrected chi connectivity index (χ0v) is 12.2. The molecular weight excluding hydrogens is 319 g/mol. The molecule has 1 heterocycles. The SMILES string of the molecule is O=C(Oc1ccccc1Cl)c1c(Cl)ccc2snnc12. The van der Waals surface area contributed by atoms with Crippen molar-refractivity contribution in [1.82, 2.24) is 9.59 Å². The number of hydrogen-bond acceptors (Lipinski definition) is 5. The van der Waals surface area contributed by atoms with E-state index in [0.717, 1.165) is 4.70 Å². The van der Waals surface area contributed by atoms with Gasteiger partial charge in [-0.2, -0.15) is 0 Å². The molecular formula is C13H6Cl2N2O2S. The summed E-state index contributed by atoms with van der Waals surface area (Å²) >= 11 is 13.2. The van der Waals surface area contributed by atoms with Crippen LogP contribution in [-0.4, -0.2) is 15.6 Å². The van der Waals surface area contributed by atoms with Gasteiger partial charge in [0.25, 0.3) is 0 Å². The number of aromatic nitrogens is 2. The lowest BCUT2D eigenvalue weighted by Gasteiger charge is -2.07. The van der Waals surface area contributed by atoms with E-state index in [0.29, 0.717) is 10.5 Å². The summed E-state index contributed by atoms with van der Waals surface area (Å²) in [6.07, 6.45) is 0. The third-order valence-corrected chi connectivity index (χ3v) is 3.93. The number of fused-ring (bicyclic) bond motifs is 1. The van der Waals surface area contributed by atoms with Gasteiger partial charge in [0.15, 0.2) is 0 Å². The van der Waals surface area contributed by atoms with Gasteiger partial charge in [0.05, 0.1) is 14.7 Å². The Hall–Kier alpha value is -1.69. The lowest BCUT2D eigenvalue weighted by Crippen LogP contribution is -2.10.